The fourth-order valence-electron chi connectivity index (χ4n) is 2.62. The SMILES string of the molecule is CC[C@H](CO)N(Cc1ccccn1)C(=O)c1scc2c1OCCO2. The molecule has 0 aliphatic carbocycles. The Kier molecular flexibility index (Phi) is 5.32. The zero-order valence-corrected chi connectivity index (χ0v) is 14.3. The number of carbonyl (C=O) groups is 1. The molecule has 0 bridgehead atoms. The number of pyridine rings is 1. The van der Waals surface area contributed by atoms with Crippen molar-refractivity contribution in [3.05, 3.63) is 40.3 Å². The molecule has 1 aliphatic rings. The highest BCUT2D eigenvalue weighted by atomic mass is 32.1. The molecule has 0 saturated carbocycles. The summed E-state index contributed by atoms with van der Waals surface area (Å²) in [5, 5.41) is 11.5. The van der Waals surface area contributed by atoms with E-state index in [0.29, 0.717) is 42.6 Å². The third-order valence-corrected chi connectivity index (χ3v) is 4.87. The topological polar surface area (TPSA) is 71.9 Å². The molecule has 3 rings (SSSR count). The fraction of sp³-hybridized carbons (Fsp3) is 0.412. The third kappa shape index (κ3) is 3.37. The smallest absolute Gasteiger partial charge is 0.268 e. The van der Waals surface area contributed by atoms with E-state index in [1.165, 1.54) is 11.3 Å². The zero-order valence-electron chi connectivity index (χ0n) is 13.5. The van der Waals surface area contributed by atoms with Gasteiger partial charge in [0.2, 0.25) is 0 Å². The van der Waals surface area contributed by atoms with Crippen LogP contribution < -0.4 is 9.47 Å². The summed E-state index contributed by atoms with van der Waals surface area (Å²) in [4.78, 5) is 19.6. The van der Waals surface area contributed by atoms with Gasteiger partial charge in [0.1, 0.15) is 18.1 Å². The van der Waals surface area contributed by atoms with Crippen molar-refractivity contribution in [3.8, 4) is 11.5 Å². The van der Waals surface area contributed by atoms with Crippen LogP contribution in [0.15, 0.2) is 29.8 Å². The molecule has 128 valence electrons. The second kappa shape index (κ2) is 7.63. The quantitative estimate of drug-likeness (QED) is 0.867. The van der Waals surface area contributed by atoms with Crippen molar-refractivity contribution in [2.45, 2.75) is 25.9 Å². The molecule has 1 atom stereocenters. The van der Waals surface area contributed by atoms with Crippen molar-refractivity contribution in [1.29, 1.82) is 0 Å². The second-order valence-corrected chi connectivity index (χ2v) is 6.33. The molecular formula is C17H20N2O4S. The first kappa shape index (κ1) is 16.7. The van der Waals surface area contributed by atoms with Gasteiger partial charge >= 0.3 is 0 Å². The van der Waals surface area contributed by atoms with E-state index in [-0.39, 0.29) is 18.6 Å². The highest BCUT2D eigenvalue weighted by molar-refractivity contribution is 7.12. The van der Waals surface area contributed by atoms with Crippen LogP contribution in [0.5, 0.6) is 11.5 Å². The van der Waals surface area contributed by atoms with Crippen molar-refractivity contribution in [2.75, 3.05) is 19.8 Å². The predicted molar refractivity (Wildman–Crippen MR) is 90.6 cm³/mol. The van der Waals surface area contributed by atoms with Gasteiger partial charge in [-0.15, -0.1) is 11.3 Å². The van der Waals surface area contributed by atoms with E-state index in [4.69, 9.17) is 9.47 Å². The van der Waals surface area contributed by atoms with Crippen molar-refractivity contribution >= 4 is 17.2 Å². The molecule has 0 unspecified atom stereocenters. The maximum absolute atomic E-state index is 13.1. The number of carbonyl (C=O) groups excluding carboxylic acids is 1. The Morgan fingerprint density at radius 1 is 1.42 bits per heavy atom. The lowest BCUT2D eigenvalue weighted by atomic mass is 10.1. The normalized spacial score (nSPS) is 14.2. The average molecular weight is 348 g/mol. The van der Waals surface area contributed by atoms with Crippen LogP contribution >= 0.6 is 11.3 Å². The maximum Gasteiger partial charge on any atom is 0.268 e. The first-order chi connectivity index (χ1) is 11.7. The molecule has 0 aromatic carbocycles. The summed E-state index contributed by atoms with van der Waals surface area (Å²) < 4.78 is 11.1. The molecule has 0 radical (unpaired) electrons. The number of rotatable bonds is 6. The summed E-state index contributed by atoms with van der Waals surface area (Å²) in [5.41, 5.74) is 0.778. The number of ether oxygens (including phenoxy) is 2. The second-order valence-electron chi connectivity index (χ2n) is 5.45. The van der Waals surface area contributed by atoms with Crippen LogP contribution in [0.3, 0.4) is 0 Å². The first-order valence-electron chi connectivity index (χ1n) is 7.93. The van der Waals surface area contributed by atoms with Gasteiger partial charge < -0.3 is 19.5 Å². The van der Waals surface area contributed by atoms with Gasteiger partial charge in [0.25, 0.3) is 5.91 Å². The highest BCUT2D eigenvalue weighted by Gasteiger charge is 2.30. The predicted octanol–water partition coefficient (Wildman–Crippen LogP) is 2.33. The minimum Gasteiger partial charge on any atom is -0.485 e. The number of fused-ring (bicyclic) bond motifs is 1. The van der Waals surface area contributed by atoms with Crippen LogP contribution in [-0.4, -0.2) is 46.8 Å². The van der Waals surface area contributed by atoms with E-state index in [2.05, 4.69) is 4.98 Å². The van der Waals surface area contributed by atoms with Crippen LogP contribution in [0, 0.1) is 0 Å². The summed E-state index contributed by atoms with van der Waals surface area (Å²) in [5.74, 6) is 0.956. The largest absolute Gasteiger partial charge is 0.485 e. The number of aliphatic hydroxyl groups is 1. The van der Waals surface area contributed by atoms with Crippen LogP contribution in [0.25, 0.3) is 0 Å². The van der Waals surface area contributed by atoms with Gasteiger partial charge in [-0.05, 0) is 18.6 Å². The van der Waals surface area contributed by atoms with Gasteiger partial charge in [0.05, 0.1) is 24.9 Å². The molecule has 1 N–H and O–H groups in total. The van der Waals surface area contributed by atoms with E-state index < -0.39 is 0 Å². The van der Waals surface area contributed by atoms with Gasteiger partial charge in [-0.3, -0.25) is 9.78 Å². The molecule has 1 amide bonds. The third-order valence-electron chi connectivity index (χ3n) is 3.94. The Bertz CT molecular complexity index is 685. The van der Waals surface area contributed by atoms with Crippen LogP contribution in [0.1, 0.15) is 28.7 Å². The minimum absolute atomic E-state index is 0.0972. The fourth-order valence-corrected chi connectivity index (χ4v) is 3.51. The Labute approximate surface area is 144 Å². The van der Waals surface area contributed by atoms with E-state index in [9.17, 15) is 9.90 Å². The van der Waals surface area contributed by atoms with Crippen molar-refractivity contribution in [2.24, 2.45) is 0 Å². The molecule has 0 saturated heterocycles. The van der Waals surface area contributed by atoms with Crippen molar-refractivity contribution in [1.82, 2.24) is 9.88 Å². The molecule has 0 spiro atoms. The number of hydrogen-bond acceptors (Lipinski definition) is 6. The van der Waals surface area contributed by atoms with Crippen LogP contribution in [-0.2, 0) is 6.54 Å². The average Bonchev–Trinajstić information content (AvgIpc) is 3.06. The van der Waals surface area contributed by atoms with Gasteiger partial charge in [-0.25, -0.2) is 0 Å². The molecule has 0 fully saturated rings. The summed E-state index contributed by atoms with van der Waals surface area (Å²) >= 11 is 1.31. The molecule has 24 heavy (non-hydrogen) atoms. The Hall–Kier alpha value is -2.12. The van der Waals surface area contributed by atoms with E-state index in [1.54, 1.807) is 16.5 Å². The molecular weight excluding hydrogens is 328 g/mol. The molecule has 6 nitrogen and oxygen atoms in total. The number of amides is 1. The zero-order chi connectivity index (χ0) is 16.9. The van der Waals surface area contributed by atoms with Crippen LogP contribution in [0.4, 0.5) is 0 Å². The molecule has 2 aromatic heterocycles. The molecule has 2 aromatic rings. The number of hydrogen-bond donors (Lipinski definition) is 1. The summed E-state index contributed by atoms with van der Waals surface area (Å²) in [6.07, 6.45) is 2.35. The monoisotopic (exact) mass is 348 g/mol. The number of thiophene rings is 1. The Morgan fingerprint density at radius 2 is 2.25 bits per heavy atom. The standard InChI is InChI=1S/C17H20N2O4S/c1-2-13(10-20)19(9-12-5-3-4-6-18-12)17(21)16-15-14(11-24-16)22-7-8-23-15/h3-6,11,13,20H,2,7-10H2,1H3/t13-/m1/s1. The summed E-state index contributed by atoms with van der Waals surface area (Å²) in [6.45, 7) is 3.11. The minimum atomic E-state index is -0.276. The number of nitrogens with zero attached hydrogens (tertiary/aromatic N) is 2. The molecule has 7 heteroatoms. The maximum atomic E-state index is 13.1. The lowest BCUT2D eigenvalue weighted by molar-refractivity contribution is 0.0558. The summed E-state index contributed by atoms with van der Waals surface area (Å²) in [6, 6.07) is 5.31. The highest BCUT2D eigenvalue weighted by Crippen LogP contribution is 2.40. The van der Waals surface area contributed by atoms with Gasteiger partial charge in [0, 0.05) is 11.6 Å². The first-order valence-corrected chi connectivity index (χ1v) is 8.81. The molecule has 3 heterocycles. The van der Waals surface area contributed by atoms with Crippen molar-refractivity contribution in [3.63, 3.8) is 0 Å². The van der Waals surface area contributed by atoms with Gasteiger partial charge in [-0.1, -0.05) is 13.0 Å². The van der Waals surface area contributed by atoms with Gasteiger partial charge in [-0.2, -0.15) is 0 Å². The Morgan fingerprint density at radius 3 is 2.96 bits per heavy atom. The Balaban J connectivity index is 1.89. The van der Waals surface area contributed by atoms with E-state index in [0.717, 1.165) is 5.69 Å². The summed E-state index contributed by atoms with van der Waals surface area (Å²) in [7, 11) is 0. The lowest BCUT2D eigenvalue weighted by Crippen LogP contribution is -2.41. The van der Waals surface area contributed by atoms with Crippen molar-refractivity contribution < 1.29 is 19.4 Å². The lowest BCUT2D eigenvalue weighted by Gasteiger charge is -2.30. The van der Waals surface area contributed by atoms with Crippen LogP contribution in [0.2, 0.25) is 0 Å². The van der Waals surface area contributed by atoms with E-state index in [1.807, 2.05) is 25.1 Å². The number of aromatic nitrogens is 1. The van der Waals surface area contributed by atoms with E-state index >= 15 is 0 Å². The number of aliphatic hydroxyl groups excluding tert-OH is 1. The van der Waals surface area contributed by atoms with Gasteiger partial charge in [0.15, 0.2) is 11.5 Å². The molecule has 1 aliphatic heterocycles.